The maximum absolute atomic E-state index is 13.8. The first-order chi connectivity index (χ1) is 12.7. The van der Waals surface area contributed by atoms with E-state index in [2.05, 4.69) is 6.58 Å². The predicted octanol–water partition coefficient (Wildman–Crippen LogP) is 7.65. The zero-order chi connectivity index (χ0) is 23.5. The smallest absolute Gasteiger partial charge is 0.237 e. The van der Waals surface area contributed by atoms with Crippen molar-refractivity contribution in [3.63, 3.8) is 0 Å². The van der Waals surface area contributed by atoms with Gasteiger partial charge in [0.1, 0.15) is 0 Å². The summed E-state index contributed by atoms with van der Waals surface area (Å²) in [7, 11) is 0. The van der Waals surface area contributed by atoms with Gasteiger partial charge in [-0.15, -0.1) is 6.58 Å². The zero-order valence-electron chi connectivity index (χ0n) is 14.3. The normalized spacial score (nSPS) is 17.7. The molecule has 0 bridgehead atoms. The van der Waals surface area contributed by atoms with E-state index in [1.54, 1.807) is 0 Å². The van der Waals surface area contributed by atoms with Crippen LogP contribution in [0.15, 0.2) is 12.7 Å². The standard InChI is InChI=1S/C15H16F14/c1-2-4-8(7-11(17,14(24,25)26)15(27,28)29)5-3-6-9(12(18,19)20)10(16)13(21,22)23/h2,8-10H,1,3-7H2. The molecule has 14 heteroatoms. The molecule has 0 spiro atoms. The van der Waals surface area contributed by atoms with Crippen molar-refractivity contribution in [3.8, 4) is 0 Å². The first-order valence-electron chi connectivity index (χ1n) is 7.89. The average Bonchev–Trinajstić information content (AvgIpc) is 2.46. The molecule has 0 N–H and O–H groups in total. The second kappa shape index (κ2) is 9.27. The highest BCUT2D eigenvalue weighted by molar-refractivity contribution is 4.97. The molecule has 0 aliphatic rings. The predicted molar refractivity (Wildman–Crippen MR) is 73.2 cm³/mol. The third-order valence-electron chi connectivity index (χ3n) is 4.18. The summed E-state index contributed by atoms with van der Waals surface area (Å²) in [6.45, 7) is 3.02. The maximum atomic E-state index is 13.8. The van der Waals surface area contributed by atoms with E-state index in [0.29, 0.717) is 0 Å². The van der Waals surface area contributed by atoms with Gasteiger partial charge in [0, 0.05) is 6.42 Å². The average molecular weight is 462 g/mol. The van der Waals surface area contributed by atoms with Crippen molar-refractivity contribution in [3.05, 3.63) is 12.7 Å². The van der Waals surface area contributed by atoms with Crippen LogP contribution in [0, 0.1) is 11.8 Å². The molecular weight excluding hydrogens is 446 g/mol. The Morgan fingerprint density at radius 2 is 1.14 bits per heavy atom. The van der Waals surface area contributed by atoms with Gasteiger partial charge < -0.3 is 0 Å². The summed E-state index contributed by atoms with van der Waals surface area (Å²) in [6, 6.07) is 0. The number of hydrogen-bond donors (Lipinski definition) is 0. The summed E-state index contributed by atoms with van der Waals surface area (Å²) in [5, 5.41) is 0. The minimum atomic E-state index is -6.39. The van der Waals surface area contributed by atoms with Crippen LogP contribution in [0.25, 0.3) is 0 Å². The molecule has 174 valence electrons. The Bertz CT molecular complexity index is 495. The van der Waals surface area contributed by atoms with Crippen LogP contribution >= 0.6 is 0 Å². The van der Waals surface area contributed by atoms with E-state index in [0.717, 1.165) is 6.08 Å². The van der Waals surface area contributed by atoms with Crippen LogP contribution in [0.5, 0.6) is 0 Å². The van der Waals surface area contributed by atoms with E-state index < -0.39 is 80.5 Å². The minimum Gasteiger partial charge on any atom is -0.237 e. The lowest BCUT2D eigenvalue weighted by molar-refractivity contribution is -0.346. The van der Waals surface area contributed by atoms with Gasteiger partial charge in [0.05, 0.1) is 5.92 Å². The fourth-order valence-electron chi connectivity index (χ4n) is 2.66. The highest BCUT2D eigenvalue weighted by Gasteiger charge is 2.72. The van der Waals surface area contributed by atoms with Crippen molar-refractivity contribution in [1.29, 1.82) is 0 Å². The lowest BCUT2D eigenvalue weighted by Gasteiger charge is -2.33. The summed E-state index contributed by atoms with van der Waals surface area (Å²) in [5.41, 5.74) is -5.67. The monoisotopic (exact) mass is 462 g/mol. The lowest BCUT2D eigenvalue weighted by atomic mass is 9.84. The topological polar surface area (TPSA) is 0 Å². The fourth-order valence-corrected chi connectivity index (χ4v) is 2.66. The van der Waals surface area contributed by atoms with Gasteiger partial charge in [-0.3, -0.25) is 0 Å². The number of hydrogen-bond acceptors (Lipinski definition) is 0. The Labute approximate surface area is 155 Å². The van der Waals surface area contributed by atoms with E-state index in [1.807, 2.05) is 0 Å². The van der Waals surface area contributed by atoms with Crippen molar-refractivity contribution in [2.24, 2.45) is 11.8 Å². The van der Waals surface area contributed by atoms with Gasteiger partial charge in [-0.05, 0) is 18.8 Å². The van der Waals surface area contributed by atoms with Crippen molar-refractivity contribution < 1.29 is 61.5 Å². The fraction of sp³-hybridized carbons (Fsp3) is 0.867. The van der Waals surface area contributed by atoms with Gasteiger partial charge in [-0.1, -0.05) is 18.9 Å². The highest BCUT2D eigenvalue weighted by Crippen LogP contribution is 2.51. The van der Waals surface area contributed by atoms with Gasteiger partial charge in [0.25, 0.3) is 5.67 Å². The third-order valence-corrected chi connectivity index (χ3v) is 4.18. The molecular formula is C15H16F14. The van der Waals surface area contributed by atoms with E-state index in [-0.39, 0.29) is 0 Å². The van der Waals surface area contributed by atoms with Crippen LogP contribution in [-0.2, 0) is 0 Å². The van der Waals surface area contributed by atoms with Crippen LogP contribution in [0.4, 0.5) is 61.5 Å². The van der Waals surface area contributed by atoms with Gasteiger partial charge >= 0.3 is 24.7 Å². The third kappa shape index (κ3) is 7.50. The second-order valence-electron chi connectivity index (χ2n) is 6.41. The lowest BCUT2D eigenvalue weighted by Crippen LogP contribution is -2.54. The second-order valence-corrected chi connectivity index (χ2v) is 6.41. The molecule has 29 heavy (non-hydrogen) atoms. The molecule has 0 aliphatic heterocycles. The summed E-state index contributed by atoms with van der Waals surface area (Å²) < 4.78 is 177. The molecule has 0 rings (SSSR count). The van der Waals surface area contributed by atoms with Gasteiger partial charge in [0.15, 0.2) is 0 Å². The van der Waals surface area contributed by atoms with E-state index in [1.165, 1.54) is 0 Å². The van der Waals surface area contributed by atoms with Gasteiger partial charge in [-0.25, -0.2) is 8.78 Å². The quantitative estimate of drug-likeness (QED) is 0.244. The Kier molecular flexibility index (Phi) is 8.88. The van der Waals surface area contributed by atoms with Crippen molar-refractivity contribution in [2.45, 2.75) is 68.6 Å². The molecule has 0 saturated heterocycles. The number of rotatable bonds is 9. The largest absolute Gasteiger partial charge is 0.431 e. The molecule has 3 atom stereocenters. The summed E-state index contributed by atoms with van der Waals surface area (Å²) in [6.07, 6.45) is -34.3. The molecule has 0 fully saturated rings. The Balaban J connectivity index is 5.39. The Hall–Kier alpha value is -1.24. The molecule has 0 radical (unpaired) electrons. The van der Waals surface area contributed by atoms with Crippen molar-refractivity contribution in [1.82, 2.24) is 0 Å². The molecule has 0 aliphatic carbocycles. The molecule has 0 amide bonds. The molecule has 0 aromatic carbocycles. The summed E-state index contributed by atoms with van der Waals surface area (Å²) >= 11 is 0. The van der Waals surface area contributed by atoms with E-state index >= 15 is 0 Å². The number of halogens is 14. The first-order valence-corrected chi connectivity index (χ1v) is 7.89. The van der Waals surface area contributed by atoms with Crippen LogP contribution < -0.4 is 0 Å². The molecule has 3 unspecified atom stereocenters. The number of alkyl halides is 14. The molecule has 0 aromatic rings. The SMILES string of the molecule is C=CCC(CCCC(C(F)C(F)(F)F)C(F)(F)F)CC(F)(C(F)(F)F)C(F)(F)F. The van der Waals surface area contributed by atoms with E-state index in [9.17, 15) is 61.5 Å². The first kappa shape index (κ1) is 27.8. The zero-order valence-corrected chi connectivity index (χ0v) is 14.3. The van der Waals surface area contributed by atoms with Crippen LogP contribution in [0.1, 0.15) is 32.1 Å². The summed E-state index contributed by atoms with van der Waals surface area (Å²) in [4.78, 5) is 0. The Morgan fingerprint density at radius 1 is 0.690 bits per heavy atom. The van der Waals surface area contributed by atoms with Gasteiger partial charge in [0.2, 0.25) is 6.17 Å². The van der Waals surface area contributed by atoms with Crippen LogP contribution in [-0.4, -0.2) is 36.5 Å². The van der Waals surface area contributed by atoms with Crippen LogP contribution in [0.2, 0.25) is 0 Å². The van der Waals surface area contributed by atoms with Crippen molar-refractivity contribution >= 4 is 0 Å². The molecule has 0 aromatic heterocycles. The minimum absolute atomic E-state index is 0.688. The molecule has 0 nitrogen and oxygen atoms in total. The number of allylic oxidation sites excluding steroid dienone is 1. The maximum Gasteiger partial charge on any atom is 0.431 e. The van der Waals surface area contributed by atoms with Gasteiger partial charge in [-0.2, -0.15) is 52.7 Å². The van der Waals surface area contributed by atoms with Crippen molar-refractivity contribution in [2.75, 3.05) is 0 Å². The van der Waals surface area contributed by atoms with E-state index in [4.69, 9.17) is 0 Å². The Morgan fingerprint density at radius 3 is 1.45 bits per heavy atom. The molecule has 0 heterocycles. The summed E-state index contributed by atoms with van der Waals surface area (Å²) in [5.74, 6) is -5.41. The van der Waals surface area contributed by atoms with Crippen LogP contribution in [0.3, 0.4) is 0 Å². The molecule has 0 saturated carbocycles. The highest BCUT2D eigenvalue weighted by atomic mass is 19.4.